The second-order valence-electron chi connectivity index (χ2n) is 4.83. The lowest BCUT2D eigenvalue weighted by molar-refractivity contribution is -0.118. The Morgan fingerprint density at radius 1 is 1.00 bits per heavy atom. The van der Waals surface area contributed by atoms with Gasteiger partial charge in [0.2, 0.25) is 0 Å². The quantitative estimate of drug-likeness (QED) is 0.700. The van der Waals surface area contributed by atoms with E-state index in [-0.39, 0.29) is 12.5 Å². The van der Waals surface area contributed by atoms with Crippen molar-refractivity contribution in [3.63, 3.8) is 0 Å². The first-order valence-electron chi connectivity index (χ1n) is 7.67. The van der Waals surface area contributed by atoms with Crippen LogP contribution in [0.25, 0.3) is 0 Å². The van der Waals surface area contributed by atoms with Crippen molar-refractivity contribution in [2.75, 3.05) is 31.7 Å². The maximum atomic E-state index is 11.9. The molecule has 1 amide bonds. The van der Waals surface area contributed by atoms with Crippen molar-refractivity contribution in [3.05, 3.63) is 53.6 Å². The standard InChI is InChI=1S/C18H20ClNO4/c1-2-22-11-12-23-14-7-9-15(10-8-14)24-13-18(21)20-17-6-4-3-5-16(17)19/h3-10H,2,11-13H2,1H3,(H,20,21). The van der Waals surface area contributed by atoms with Crippen LogP contribution >= 0.6 is 11.6 Å². The van der Waals surface area contributed by atoms with Crippen molar-refractivity contribution in [2.45, 2.75) is 6.92 Å². The van der Waals surface area contributed by atoms with Crippen LogP contribution in [0, 0.1) is 0 Å². The average Bonchev–Trinajstić information content (AvgIpc) is 2.60. The number of para-hydroxylation sites is 1. The van der Waals surface area contributed by atoms with Crippen LogP contribution in [0.15, 0.2) is 48.5 Å². The van der Waals surface area contributed by atoms with Crippen LogP contribution in [0.4, 0.5) is 5.69 Å². The molecule has 2 aromatic carbocycles. The van der Waals surface area contributed by atoms with Crippen molar-refractivity contribution >= 4 is 23.2 Å². The molecule has 0 unspecified atom stereocenters. The van der Waals surface area contributed by atoms with E-state index >= 15 is 0 Å². The molecule has 0 aliphatic carbocycles. The minimum atomic E-state index is -0.278. The predicted molar refractivity (Wildman–Crippen MR) is 94.0 cm³/mol. The number of carbonyl (C=O) groups is 1. The highest BCUT2D eigenvalue weighted by atomic mass is 35.5. The SMILES string of the molecule is CCOCCOc1ccc(OCC(=O)Nc2ccccc2Cl)cc1. The molecule has 0 radical (unpaired) electrons. The molecule has 24 heavy (non-hydrogen) atoms. The highest BCUT2D eigenvalue weighted by Crippen LogP contribution is 2.21. The summed E-state index contributed by atoms with van der Waals surface area (Å²) in [5.41, 5.74) is 0.561. The molecule has 2 aromatic rings. The summed E-state index contributed by atoms with van der Waals surface area (Å²) in [6, 6.07) is 14.1. The number of hydrogen-bond donors (Lipinski definition) is 1. The van der Waals surface area contributed by atoms with Gasteiger partial charge in [0.05, 0.1) is 17.3 Å². The summed E-state index contributed by atoms with van der Waals surface area (Å²) >= 11 is 5.99. The molecular formula is C18H20ClNO4. The Labute approximate surface area is 146 Å². The van der Waals surface area contributed by atoms with Crippen LogP contribution in [0.1, 0.15) is 6.92 Å². The lowest BCUT2D eigenvalue weighted by atomic mass is 10.3. The largest absolute Gasteiger partial charge is 0.491 e. The monoisotopic (exact) mass is 349 g/mol. The summed E-state index contributed by atoms with van der Waals surface area (Å²) in [6.45, 7) is 3.56. The van der Waals surface area contributed by atoms with Gasteiger partial charge in [0.1, 0.15) is 18.1 Å². The van der Waals surface area contributed by atoms with Crippen LogP contribution in [0.5, 0.6) is 11.5 Å². The number of amides is 1. The van der Waals surface area contributed by atoms with E-state index in [1.54, 1.807) is 48.5 Å². The molecule has 0 aliphatic rings. The minimum absolute atomic E-state index is 0.101. The van der Waals surface area contributed by atoms with Crippen LogP contribution in [0.3, 0.4) is 0 Å². The number of hydrogen-bond acceptors (Lipinski definition) is 4. The van der Waals surface area contributed by atoms with Gasteiger partial charge in [0.15, 0.2) is 6.61 Å². The summed E-state index contributed by atoms with van der Waals surface area (Å²) in [5.74, 6) is 1.03. The smallest absolute Gasteiger partial charge is 0.262 e. The number of nitrogens with one attached hydrogen (secondary N) is 1. The molecule has 1 N–H and O–H groups in total. The van der Waals surface area contributed by atoms with Gasteiger partial charge in [-0.15, -0.1) is 0 Å². The fourth-order valence-electron chi connectivity index (χ4n) is 1.89. The Morgan fingerprint density at radius 3 is 2.33 bits per heavy atom. The van der Waals surface area contributed by atoms with Crippen molar-refractivity contribution in [1.82, 2.24) is 0 Å². The van der Waals surface area contributed by atoms with Gasteiger partial charge in [-0.1, -0.05) is 23.7 Å². The maximum absolute atomic E-state index is 11.9. The zero-order valence-electron chi connectivity index (χ0n) is 13.5. The molecule has 0 atom stereocenters. The summed E-state index contributed by atoms with van der Waals surface area (Å²) in [4.78, 5) is 11.9. The number of ether oxygens (including phenoxy) is 3. The number of anilines is 1. The molecular weight excluding hydrogens is 330 g/mol. The average molecular weight is 350 g/mol. The third kappa shape index (κ3) is 6.10. The lowest BCUT2D eigenvalue weighted by Crippen LogP contribution is -2.20. The van der Waals surface area contributed by atoms with Crippen LogP contribution in [0.2, 0.25) is 5.02 Å². The van der Waals surface area contributed by atoms with Gasteiger partial charge in [-0.2, -0.15) is 0 Å². The van der Waals surface area contributed by atoms with E-state index in [2.05, 4.69) is 5.32 Å². The molecule has 2 rings (SSSR count). The molecule has 0 aromatic heterocycles. The zero-order valence-corrected chi connectivity index (χ0v) is 14.2. The summed E-state index contributed by atoms with van der Waals surface area (Å²) in [7, 11) is 0. The summed E-state index contributed by atoms with van der Waals surface area (Å²) < 4.78 is 16.1. The molecule has 0 heterocycles. The molecule has 5 nitrogen and oxygen atoms in total. The number of carbonyl (C=O) groups excluding carboxylic acids is 1. The molecule has 0 bridgehead atoms. The van der Waals surface area contributed by atoms with Crippen molar-refractivity contribution in [2.24, 2.45) is 0 Å². The minimum Gasteiger partial charge on any atom is -0.491 e. The van der Waals surface area contributed by atoms with E-state index in [1.165, 1.54) is 0 Å². The Bertz CT molecular complexity index is 646. The van der Waals surface area contributed by atoms with Crippen molar-refractivity contribution in [1.29, 1.82) is 0 Å². The summed E-state index contributed by atoms with van der Waals surface area (Å²) in [5, 5.41) is 3.18. The van der Waals surface area contributed by atoms with E-state index in [4.69, 9.17) is 25.8 Å². The Hall–Kier alpha value is -2.24. The van der Waals surface area contributed by atoms with Crippen LogP contribution < -0.4 is 14.8 Å². The van der Waals surface area contributed by atoms with E-state index in [9.17, 15) is 4.79 Å². The topological polar surface area (TPSA) is 56.8 Å². The predicted octanol–water partition coefficient (Wildman–Crippen LogP) is 3.77. The first-order chi connectivity index (χ1) is 11.7. The van der Waals surface area contributed by atoms with Crippen molar-refractivity contribution < 1.29 is 19.0 Å². The normalized spacial score (nSPS) is 10.2. The molecule has 0 spiro atoms. The number of rotatable bonds is 9. The lowest BCUT2D eigenvalue weighted by Gasteiger charge is -2.10. The Kier molecular flexibility index (Phi) is 7.39. The Balaban J connectivity index is 1.75. The molecule has 0 aliphatic heterocycles. The third-order valence-electron chi connectivity index (χ3n) is 3.04. The second-order valence-corrected chi connectivity index (χ2v) is 5.24. The van der Waals surface area contributed by atoms with Crippen molar-refractivity contribution in [3.8, 4) is 11.5 Å². The van der Waals surface area contributed by atoms with Gasteiger partial charge in [-0.3, -0.25) is 4.79 Å². The Morgan fingerprint density at radius 2 is 1.67 bits per heavy atom. The van der Waals surface area contributed by atoms with Gasteiger partial charge >= 0.3 is 0 Å². The highest BCUT2D eigenvalue weighted by Gasteiger charge is 2.06. The first kappa shape index (κ1) is 18.1. The summed E-state index contributed by atoms with van der Waals surface area (Å²) in [6.07, 6.45) is 0. The highest BCUT2D eigenvalue weighted by molar-refractivity contribution is 6.33. The van der Waals surface area contributed by atoms with Gasteiger partial charge in [0.25, 0.3) is 5.91 Å². The van der Waals surface area contributed by atoms with E-state index in [0.29, 0.717) is 36.3 Å². The molecule has 0 saturated heterocycles. The molecule has 128 valence electrons. The first-order valence-corrected chi connectivity index (χ1v) is 8.04. The number of halogens is 1. The van der Waals surface area contributed by atoms with E-state index in [0.717, 1.165) is 5.75 Å². The van der Waals surface area contributed by atoms with Crippen LogP contribution in [-0.2, 0) is 9.53 Å². The molecule has 0 saturated carbocycles. The fourth-order valence-corrected chi connectivity index (χ4v) is 2.08. The van der Waals surface area contributed by atoms with E-state index < -0.39 is 0 Å². The molecule has 0 fully saturated rings. The fraction of sp³-hybridized carbons (Fsp3) is 0.278. The van der Waals surface area contributed by atoms with Gasteiger partial charge in [0, 0.05) is 6.61 Å². The van der Waals surface area contributed by atoms with Gasteiger partial charge < -0.3 is 19.5 Å². The van der Waals surface area contributed by atoms with Gasteiger partial charge in [-0.05, 0) is 43.3 Å². The second kappa shape index (κ2) is 9.80. The number of benzene rings is 2. The van der Waals surface area contributed by atoms with Crippen LogP contribution in [-0.4, -0.2) is 32.3 Å². The van der Waals surface area contributed by atoms with Gasteiger partial charge in [-0.25, -0.2) is 0 Å². The maximum Gasteiger partial charge on any atom is 0.262 e. The zero-order chi connectivity index (χ0) is 17.2. The molecule has 6 heteroatoms. The third-order valence-corrected chi connectivity index (χ3v) is 3.37. The van der Waals surface area contributed by atoms with E-state index in [1.807, 2.05) is 6.92 Å².